The molecule has 2 N–H and O–H groups in total. The van der Waals surface area contributed by atoms with Gasteiger partial charge in [-0.1, -0.05) is 19.4 Å². The van der Waals surface area contributed by atoms with Crippen LogP contribution in [0.3, 0.4) is 0 Å². The molecule has 18 heavy (non-hydrogen) atoms. The summed E-state index contributed by atoms with van der Waals surface area (Å²) in [5.74, 6) is -2.55. The maximum Gasteiger partial charge on any atom is 0.326 e. The minimum Gasteiger partial charge on any atom is -0.480 e. The van der Waals surface area contributed by atoms with Crippen LogP contribution in [0.4, 0.5) is 4.39 Å². The van der Waals surface area contributed by atoms with Gasteiger partial charge in [0.1, 0.15) is 11.9 Å². The second-order valence-corrected chi connectivity index (χ2v) is 4.60. The van der Waals surface area contributed by atoms with Crippen LogP contribution in [-0.4, -0.2) is 23.0 Å². The van der Waals surface area contributed by atoms with Gasteiger partial charge in [0.05, 0.1) is 5.56 Å². The van der Waals surface area contributed by atoms with Crippen molar-refractivity contribution in [1.82, 2.24) is 5.32 Å². The van der Waals surface area contributed by atoms with Crippen molar-refractivity contribution < 1.29 is 19.1 Å². The summed E-state index contributed by atoms with van der Waals surface area (Å²) in [7, 11) is 0. The molecule has 0 aliphatic heterocycles. The first-order chi connectivity index (χ1) is 8.47. The van der Waals surface area contributed by atoms with Crippen LogP contribution >= 0.6 is 15.9 Å². The minimum atomic E-state index is -1.13. The van der Waals surface area contributed by atoms with E-state index in [0.29, 0.717) is 17.3 Å². The predicted molar refractivity (Wildman–Crippen MR) is 67.9 cm³/mol. The summed E-state index contributed by atoms with van der Waals surface area (Å²) < 4.78 is 13.8. The lowest BCUT2D eigenvalue weighted by molar-refractivity contribution is -0.139. The molecule has 0 aromatic heterocycles. The van der Waals surface area contributed by atoms with Crippen LogP contribution in [0.5, 0.6) is 0 Å². The van der Waals surface area contributed by atoms with Crippen LogP contribution in [0.25, 0.3) is 0 Å². The predicted octanol–water partition coefficient (Wildman–Crippen LogP) is 2.57. The Hall–Kier alpha value is -1.43. The van der Waals surface area contributed by atoms with Crippen molar-refractivity contribution in [1.29, 1.82) is 0 Å². The number of carboxylic acids is 1. The highest BCUT2D eigenvalue weighted by Gasteiger charge is 2.22. The van der Waals surface area contributed by atoms with Gasteiger partial charge in [-0.2, -0.15) is 0 Å². The zero-order chi connectivity index (χ0) is 13.7. The van der Waals surface area contributed by atoms with Crippen molar-refractivity contribution in [3.63, 3.8) is 0 Å². The SMILES string of the molecule is CCC[C@@H](NC(=O)c1c(F)cccc1Br)C(=O)O. The van der Waals surface area contributed by atoms with E-state index in [1.54, 1.807) is 6.92 Å². The fourth-order valence-corrected chi connectivity index (χ4v) is 2.01. The largest absolute Gasteiger partial charge is 0.480 e. The third kappa shape index (κ3) is 3.53. The highest BCUT2D eigenvalue weighted by molar-refractivity contribution is 9.10. The first-order valence-corrected chi connectivity index (χ1v) is 6.24. The molecule has 0 aliphatic rings. The van der Waals surface area contributed by atoms with Gasteiger partial charge in [-0.3, -0.25) is 4.79 Å². The Kier molecular flexibility index (Phi) is 5.27. The number of benzene rings is 1. The highest BCUT2D eigenvalue weighted by atomic mass is 79.9. The lowest BCUT2D eigenvalue weighted by Crippen LogP contribution is -2.41. The molecule has 98 valence electrons. The molecule has 0 saturated carbocycles. The van der Waals surface area contributed by atoms with Gasteiger partial charge in [-0.25, -0.2) is 9.18 Å². The number of halogens is 2. The topological polar surface area (TPSA) is 66.4 Å². The van der Waals surface area contributed by atoms with Crippen LogP contribution in [-0.2, 0) is 4.79 Å². The average molecular weight is 318 g/mol. The van der Waals surface area contributed by atoms with Crippen LogP contribution < -0.4 is 5.32 Å². The normalized spacial score (nSPS) is 11.9. The lowest BCUT2D eigenvalue weighted by Gasteiger charge is -2.14. The summed E-state index contributed by atoms with van der Waals surface area (Å²) in [6.45, 7) is 1.81. The van der Waals surface area contributed by atoms with Crippen LogP contribution in [0.2, 0.25) is 0 Å². The Morgan fingerprint density at radius 2 is 2.17 bits per heavy atom. The zero-order valence-electron chi connectivity index (χ0n) is 9.74. The third-order valence-electron chi connectivity index (χ3n) is 2.37. The molecule has 0 bridgehead atoms. The molecule has 0 spiro atoms. The molecule has 0 fully saturated rings. The Morgan fingerprint density at radius 1 is 1.50 bits per heavy atom. The molecular formula is C12H13BrFNO3. The van der Waals surface area contributed by atoms with Gasteiger partial charge in [0.25, 0.3) is 5.91 Å². The molecule has 0 unspecified atom stereocenters. The smallest absolute Gasteiger partial charge is 0.326 e. The minimum absolute atomic E-state index is 0.181. The molecule has 4 nitrogen and oxygen atoms in total. The number of carboxylic acid groups (broad SMARTS) is 1. The molecular weight excluding hydrogens is 305 g/mol. The lowest BCUT2D eigenvalue weighted by atomic mass is 10.1. The van der Waals surface area contributed by atoms with Crippen molar-refractivity contribution in [3.05, 3.63) is 34.1 Å². The Bertz CT molecular complexity index is 444. The van der Waals surface area contributed by atoms with Crippen LogP contribution in [0.1, 0.15) is 30.1 Å². The maximum atomic E-state index is 13.5. The van der Waals surface area contributed by atoms with Crippen molar-refractivity contribution in [2.45, 2.75) is 25.8 Å². The van der Waals surface area contributed by atoms with Gasteiger partial charge in [-0.05, 0) is 34.5 Å². The summed E-state index contributed by atoms with van der Waals surface area (Å²) in [4.78, 5) is 22.7. The van der Waals surface area contributed by atoms with Gasteiger partial charge in [0.15, 0.2) is 0 Å². The quantitative estimate of drug-likeness (QED) is 0.877. The van der Waals surface area contributed by atoms with Crippen LogP contribution in [0.15, 0.2) is 22.7 Å². The second-order valence-electron chi connectivity index (χ2n) is 3.75. The summed E-state index contributed by atoms with van der Waals surface area (Å²) in [6, 6.07) is 3.12. The summed E-state index contributed by atoms with van der Waals surface area (Å²) >= 11 is 3.07. The Balaban J connectivity index is 2.90. The second kappa shape index (κ2) is 6.49. The number of hydrogen-bond donors (Lipinski definition) is 2. The fraction of sp³-hybridized carbons (Fsp3) is 0.333. The van der Waals surface area contributed by atoms with Gasteiger partial charge in [0.2, 0.25) is 0 Å². The van der Waals surface area contributed by atoms with E-state index in [-0.39, 0.29) is 5.56 Å². The number of rotatable bonds is 5. The summed E-state index contributed by atoms with van der Waals surface area (Å²) in [5.41, 5.74) is -0.181. The van der Waals surface area contributed by atoms with Crippen molar-refractivity contribution in [2.75, 3.05) is 0 Å². The van der Waals surface area contributed by atoms with E-state index >= 15 is 0 Å². The standard InChI is InChI=1S/C12H13BrFNO3/c1-2-4-9(12(17)18)15-11(16)10-7(13)5-3-6-8(10)14/h3,5-6,9H,2,4H2,1H3,(H,15,16)(H,17,18)/t9-/m1/s1. The van der Waals surface area contributed by atoms with E-state index in [0.717, 1.165) is 6.07 Å². The highest BCUT2D eigenvalue weighted by Crippen LogP contribution is 2.19. The first kappa shape index (κ1) is 14.6. The van der Waals surface area contributed by atoms with Crippen molar-refractivity contribution >= 4 is 27.8 Å². The monoisotopic (exact) mass is 317 g/mol. The van der Waals surface area contributed by atoms with E-state index in [9.17, 15) is 14.0 Å². The van der Waals surface area contributed by atoms with E-state index < -0.39 is 23.7 Å². The molecule has 0 radical (unpaired) electrons. The van der Waals surface area contributed by atoms with Crippen molar-refractivity contribution in [2.24, 2.45) is 0 Å². The number of aliphatic carboxylic acids is 1. The van der Waals surface area contributed by atoms with E-state index in [1.165, 1.54) is 12.1 Å². The van der Waals surface area contributed by atoms with Crippen LogP contribution in [0, 0.1) is 5.82 Å². The van der Waals surface area contributed by atoms with Gasteiger partial charge in [-0.15, -0.1) is 0 Å². The van der Waals surface area contributed by atoms with E-state index in [1.807, 2.05) is 0 Å². The maximum absolute atomic E-state index is 13.5. The fourth-order valence-electron chi connectivity index (χ4n) is 1.49. The summed E-state index contributed by atoms with van der Waals surface area (Å²) in [5, 5.41) is 11.2. The Labute approximate surface area is 112 Å². The number of hydrogen-bond acceptors (Lipinski definition) is 2. The molecule has 0 heterocycles. The molecule has 1 rings (SSSR count). The zero-order valence-corrected chi connectivity index (χ0v) is 11.3. The molecule has 0 saturated heterocycles. The summed E-state index contributed by atoms with van der Waals surface area (Å²) in [6.07, 6.45) is 0.906. The van der Waals surface area contributed by atoms with E-state index in [2.05, 4.69) is 21.2 Å². The molecule has 1 atom stereocenters. The van der Waals surface area contributed by atoms with Gasteiger partial charge in [0, 0.05) is 4.47 Å². The number of amides is 1. The molecule has 1 amide bonds. The first-order valence-electron chi connectivity index (χ1n) is 5.45. The number of carbonyl (C=O) groups excluding carboxylic acids is 1. The third-order valence-corrected chi connectivity index (χ3v) is 3.03. The molecule has 0 aliphatic carbocycles. The molecule has 1 aromatic carbocycles. The van der Waals surface area contributed by atoms with E-state index in [4.69, 9.17) is 5.11 Å². The van der Waals surface area contributed by atoms with Gasteiger partial charge < -0.3 is 10.4 Å². The van der Waals surface area contributed by atoms with Crippen molar-refractivity contribution in [3.8, 4) is 0 Å². The average Bonchev–Trinajstić information content (AvgIpc) is 2.28. The number of nitrogens with one attached hydrogen (secondary N) is 1. The Morgan fingerprint density at radius 3 is 2.67 bits per heavy atom. The molecule has 1 aromatic rings. The van der Waals surface area contributed by atoms with Gasteiger partial charge >= 0.3 is 5.97 Å². The number of carbonyl (C=O) groups is 2. The molecule has 6 heteroatoms.